The summed E-state index contributed by atoms with van der Waals surface area (Å²) in [6.07, 6.45) is -5.62. The predicted molar refractivity (Wildman–Crippen MR) is 116 cm³/mol. The zero-order valence-electron chi connectivity index (χ0n) is 19.1. The average molecular weight is 535 g/mol. The van der Waals surface area contributed by atoms with E-state index in [-0.39, 0.29) is 11.3 Å². The van der Waals surface area contributed by atoms with Gasteiger partial charge in [0.1, 0.15) is 0 Å². The second kappa shape index (κ2) is 12.0. The van der Waals surface area contributed by atoms with E-state index >= 15 is 0 Å². The SMILES string of the molecule is O=C(O)C(F)(F)F.O=C(O)C(F)(F)F.O=C1N(Cc2cccnc2)CC[C@]12CNC[C@H]2c1ccccc1. The number of carbonyl (C=O) groups excluding carboxylic acids is 1. The van der Waals surface area contributed by atoms with E-state index in [1.807, 2.05) is 29.3 Å². The second-order valence-electron chi connectivity index (χ2n) is 8.19. The first kappa shape index (κ1) is 29.5. The molecular weight excluding hydrogens is 512 g/mol. The van der Waals surface area contributed by atoms with Crippen molar-refractivity contribution in [2.75, 3.05) is 19.6 Å². The Hall–Kier alpha value is -3.68. The van der Waals surface area contributed by atoms with Crippen LogP contribution in [0, 0.1) is 5.41 Å². The summed E-state index contributed by atoms with van der Waals surface area (Å²) in [6.45, 7) is 3.17. The van der Waals surface area contributed by atoms with Crippen LogP contribution in [0.2, 0.25) is 0 Å². The Bertz CT molecular complexity index is 1040. The number of rotatable bonds is 3. The van der Waals surface area contributed by atoms with Crippen molar-refractivity contribution in [2.45, 2.75) is 31.2 Å². The summed E-state index contributed by atoms with van der Waals surface area (Å²) in [6, 6.07) is 14.4. The summed E-state index contributed by atoms with van der Waals surface area (Å²) in [5.74, 6) is -4.95. The molecule has 2 fully saturated rings. The predicted octanol–water partition coefficient (Wildman–Crippen LogP) is 3.45. The van der Waals surface area contributed by atoms with E-state index in [2.05, 4.69) is 34.6 Å². The number of aromatic nitrogens is 1. The lowest BCUT2D eigenvalue weighted by Gasteiger charge is -2.29. The number of amides is 1. The fraction of sp³-hybridized carbons (Fsp3) is 0.391. The lowest BCUT2D eigenvalue weighted by Crippen LogP contribution is -2.39. The fourth-order valence-corrected chi connectivity index (χ4v) is 4.09. The number of aliphatic carboxylic acids is 2. The summed E-state index contributed by atoms with van der Waals surface area (Å²) in [5.41, 5.74) is 2.10. The lowest BCUT2D eigenvalue weighted by atomic mass is 9.73. The molecule has 0 bridgehead atoms. The van der Waals surface area contributed by atoms with Crippen LogP contribution < -0.4 is 5.32 Å². The highest BCUT2D eigenvalue weighted by Gasteiger charge is 2.54. The van der Waals surface area contributed by atoms with E-state index in [0.717, 1.165) is 31.6 Å². The smallest absolute Gasteiger partial charge is 0.475 e. The number of hydrogen-bond donors (Lipinski definition) is 3. The van der Waals surface area contributed by atoms with Crippen molar-refractivity contribution in [3.63, 3.8) is 0 Å². The number of alkyl halides is 6. The van der Waals surface area contributed by atoms with Gasteiger partial charge >= 0.3 is 24.3 Å². The van der Waals surface area contributed by atoms with Crippen molar-refractivity contribution in [1.29, 1.82) is 0 Å². The molecule has 2 aliphatic rings. The molecular formula is C23H23F6N3O5. The minimum atomic E-state index is -5.08. The summed E-state index contributed by atoms with van der Waals surface area (Å²) in [7, 11) is 0. The van der Waals surface area contributed by atoms with E-state index in [9.17, 15) is 31.1 Å². The van der Waals surface area contributed by atoms with Crippen molar-refractivity contribution in [3.8, 4) is 0 Å². The van der Waals surface area contributed by atoms with Crippen LogP contribution in [0.1, 0.15) is 23.5 Å². The zero-order chi connectivity index (χ0) is 27.9. The van der Waals surface area contributed by atoms with E-state index in [4.69, 9.17) is 19.8 Å². The van der Waals surface area contributed by atoms with Crippen LogP contribution in [0.5, 0.6) is 0 Å². The van der Waals surface area contributed by atoms with Gasteiger partial charge in [-0.25, -0.2) is 9.59 Å². The number of carbonyl (C=O) groups is 3. The van der Waals surface area contributed by atoms with Crippen LogP contribution in [0.3, 0.4) is 0 Å². The molecule has 2 aliphatic heterocycles. The van der Waals surface area contributed by atoms with Crippen molar-refractivity contribution < 1.29 is 50.9 Å². The molecule has 1 amide bonds. The molecule has 14 heteroatoms. The molecule has 0 aliphatic carbocycles. The first-order chi connectivity index (χ1) is 17.2. The molecule has 1 aromatic carbocycles. The van der Waals surface area contributed by atoms with Gasteiger partial charge in [-0.3, -0.25) is 9.78 Å². The van der Waals surface area contributed by atoms with Crippen molar-refractivity contribution in [1.82, 2.24) is 15.2 Å². The number of pyridine rings is 1. The molecule has 2 aromatic rings. The van der Waals surface area contributed by atoms with Gasteiger partial charge in [-0.1, -0.05) is 36.4 Å². The van der Waals surface area contributed by atoms with Gasteiger partial charge in [0.05, 0.1) is 5.41 Å². The Kier molecular flexibility index (Phi) is 9.61. The number of hydrogen-bond acceptors (Lipinski definition) is 5. The second-order valence-corrected chi connectivity index (χ2v) is 8.19. The Balaban J connectivity index is 0.000000286. The number of carboxylic acids is 2. The first-order valence-electron chi connectivity index (χ1n) is 10.7. The largest absolute Gasteiger partial charge is 0.490 e. The maximum absolute atomic E-state index is 13.2. The van der Waals surface area contributed by atoms with Crippen molar-refractivity contribution >= 4 is 17.8 Å². The third kappa shape index (κ3) is 7.90. The molecule has 37 heavy (non-hydrogen) atoms. The Morgan fingerprint density at radius 2 is 1.57 bits per heavy atom. The van der Waals surface area contributed by atoms with Crippen LogP contribution in [-0.2, 0) is 20.9 Å². The minimum absolute atomic E-state index is 0.273. The number of nitrogens with one attached hydrogen (secondary N) is 1. The van der Waals surface area contributed by atoms with Gasteiger partial charge in [0.25, 0.3) is 0 Å². The van der Waals surface area contributed by atoms with Gasteiger partial charge < -0.3 is 20.4 Å². The summed E-state index contributed by atoms with van der Waals surface area (Å²) in [5, 5.41) is 17.7. The van der Waals surface area contributed by atoms with Crippen LogP contribution in [0.25, 0.3) is 0 Å². The molecule has 3 heterocycles. The fourth-order valence-electron chi connectivity index (χ4n) is 4.09. The molecule has 1 spiro atoms. The average Bonchev–Trinajstić information content (AvgIpc) is 3.39. The molecule has 2 atom stereocenters. The highest BCUT2D eigenvalue weighted by atomic mass is 19.4. The molecule has 0 saturated carbocycles. The molecule has 0 radical (unpaired) electrons. The van der Waals surface area contributed by atoms with Gasteiger partial charge in [-0.2, -0.15) is 26.3 Å². The normalized spacial score (nSPS) is 21.1. The van der Waals surface area contributed by atoms with Gasteiger partial charge in [-0.15, -0.1) is 0 Å². The lowest BCUT2D eigenvalue weighted by molar-refractivity contribution is -0.193. The van der Waals surface area contributed by atoms with Crippen LogP contribution >= 0.6 is 0 Å². The number of benzene rings is 1. The number of carboxylic acid groups (broad SMARTS) is 2. The van der Waals surface area contributed by atoms with Gasteiger partial charge in [0.2, 0.25) is 5.91 Å². The number of likely N-dealkylation sites (tertiary alicyclic amines) is 1. The highest BCUT2D eigenvalue weighted by Crippen LogP contribution is 2.47. The third-order valence-electron chi connectivity index (χ3n) is 5.78. The van der Waals surface area contributed by atoms with Crippen LogP contribution in [-0.4, -0.2) is 69.9 Å². The molecule has 3 N–H and O–H groups in total. The minimum Gasteiger partial charge on any atom is -0.475 e. The third-order valence-corrected chi connectivity index (χ3v) is 5.78. The molecule has 0 unspecified atom stereocenters. The van der Waals surface area contributed by atoms with E-state index in [1.165, 1.54) is 5.56 Å². The maximum atomic E-state index is 13.2. The van der Waals surface area contributed by atoms with Crippen LogP contribution in [0.15, 0.2) is 54.9 Å². The molecule has 4 rings (SSSR count). The Morgan fingerprint density at radius 3 is 2.05 bits per heavy atom. The van der Waals surface area contributed by atoms with E-state index < -0.39 is 24.3 Å². The highest BCUT2D eigenvalue weighted by molar-refractivity contribution is 5.87. The van der Waals surface area contributed by atoms with Crippen LogP contribution in [0.4, 0.5) is 26.3 Å². The van der Waals surface area contributed by atoms with E-state index in [0.29, 0.717) is 12.5 Å². The Morgan fingerprint density at radius 1 is 1.00 bits per heavy atom. The van der Waals surface area contributed by atoms with Crippen molar-refractivity contribution in [3.05, 3.63) is 66.0 Å². The van der Waals surface area contributed by atoms with E-state index in [1.54, 1.807) is 6.20 Å². The van der Waals surface area contributed by atoms with Gasteiger partial charge in [-0.05, 0) is 23.6 Å². The zero-order valence-corrected chi connectivity index (χ0v) is 19.1. The quantitative estimate of drug-likeness (QED) is 0.515. The summed E-state index contributed by atoms with van der Waals surface area (Å²) >= 11 is 0. The van der Waals surface area contributed by atoms with Gasteiger partial charge in [0.15, 0.2) is 0 Å². The molecule has 202 valence electrons. The standard InChI is InChI=1S/C19H21N3O.2C2HF3O2/c23-18-19(8-10-22(18)13-15-5-4-9-20-11-15)14-21-12-17(19)16-6-2-1-3-7-16;2*3-2(4,5)1(6)7/h1-7,9,11,17,21H,8,10,12-14H2;2*(H,6,7)/t17-,19+;;/m0../s1. The van der Waals surface area contributed by atoms with Crippen molar-refractivity contribution in [2.24, 2.45) is 5.41 Å². The topological polar surface area (TPSA) is 120 Å². The Labute approximate surface area is 206 Å². The molecule has 8 nitrogen and oxygen atoms in total. The molecule has 2 saturated heterocycles. The maximum Gasteiger partial charge on any atom is 0.490 e. The number of nitrogens with zero attached hydrogens (tertiary/aromatic N) is 2. The molecule has 1 aromatic heterocycles. The first-order valence-corrected chi connectivity index (χ1v) is 10.7. The summed E-state index contributed by atoms with van der Waals surface area (Å²) in [4.78, 5) is 37.1. The number of halogens is 6. The monoisotopic (exact) mass is 535 g/mol. The summed E-state index contributed by atoms with van der Waals surface area (Å²) < 4.78 is 63.5. The van der Waals surface area contributed by atoms with Gasteiger partial charge in [0, 0.05) is 44.5 Å².